The van der Waals surface area contributed by atoms with Crippen LogP contribution in [-0.4, -0.2) is 75.6 Å². The van der Waals surface area contributed by atoms with E-state index in [0.717, 1.165) is 16.5 Å². The van der Waals surface area contributed by atoms with E-state index >= 15 is 0 Å². The lowest BCUT2D eigenvalue weighted by Gasteiger charge is -2.21. The minimum Gasteiger partial charge on any atom is -0.508 e. The molecular weight excluding hydrogens is 522 g/mol. The van der Waals surface area contributed by atoms with E-state index in [2.05, 4.69) is 20.9 Å². The Balaban J connectivity index is 1.62. The van der Waals surface area contributed by atoms with Crippen molar-refractivity contribution in [3.63, 3.8) is 0 Å². The minimum atomic E-state index is -1.21. The maximum absolute atomic E-state index is 13.0. The number of aromatic hydroxyl groups is 1. The first kappa shape index (κ1) is 29.5. The van der Waals surface area contributed by atoms with E-state index in [1.165, 1.54) is 12.1 Å². The number of carbonyl (C=O) groups is 4. The summed E-state index contributed by atoms with van der Waals surface area (Å²) in [4.78, 5) is 53.1. The molecular formula is C27H33N5O6S. The van der Waals surface area contributed by atoms with Gasteiger partial charge < -0.3 is 36.9 Å². The summed E-state index contributed by atoms with van der Waals surface area (Å²) >= 11 is 1.54. The van der Waals surface area contributed by atoms with Crippen molar-refractivity contribution in [3.8, 4) is 5.75 Å². The average molecular weight is 556 g/mol. The average Bonchev–Trinajstić information content (AvgIpc) is 3.33. The fourth-order valence-electron chi connectivity index (χ4n) is 3.99. The largest absolute Gasteiger partial charge is 0.508 e. The fourth-order valence-corrected chi connectivity index (χ4v) is 4.48. The van der Waals surface area contributed by atoms with Crippen LogP contribution in [0, 0.1) is 0 Å². The number of phenolic OH excluding ortho intramolecular Hbond substituents is 1. The van der Waals surface area contributed by atoms with E-state index in [0.29, 0.717) is 17.7 Å². The number of H-pyrrole nitrogens is 1. The second-order valence-electron chi connectivity index (χ2n) is 9.06. The number of thioether (sulfide) groups is 1. The van der Waals surface area contributed by atoms with Gasteiger partial charge in [0, 0.05) is 29.9 Å². The smallest absolute Gasteiger partial charge is 0.326 e. The van der Waals surface area contributed by atoms with Crippen LogP contribution in [0.25, 0.3) is 10.9 Å². The summed E-state index contributed by atoms with van der Waals surface area (Å²) in [6.07, 6.45) is 4.16. The van der Waals surface area contributed by atoms with E-state index in [1.54, 1.807) is 30.1 Å². The van der Waals surface area contributed by atoms with Gasteiger partial charge in [-0.2, -0.15) is 11.8 Å². The lowest BCUT2D eigenvalue weighted by Crippen LogP contribution is -2.54. The molecule has 0 aliphatic rings. The number of hydrogen-bond acceptors (Lipinski definition) is 7. The number of aliphatic carboxylic acids is 1. The first-order chi connectivity index (χ1) is 18.7. The normalized spacial score (nSPS) is 13.3. The van der Waals surface area contributed by atoms with E-state index in [9.17, 15) is 29.4 Å². The van der Waals surface area contributed by atoms with Crippen LogP contribution in [0.3, 0.4) is 0 Å². The number of fused-ring (bicyclic) bond motifs is 1. The lowest BCUT2D eigenvalue weighted by atomic mass is 10.0. The molecule has 3 rings (SSSR count). The zero-order valence-corrected chi connectivity index (χ0v) is 22.3. The summed E-state index contributed by atoms with van der Waals surface area (Å²) in [5, 5.41) is 27.6. The van der Waals surface area contributed by atoms with E-state index in [4.69, 9.17) is 5.73 Å². The third kappa shape index (κ3) is 8.76. The SMILES string of the molecule is CSCCC(N)C(=O)NC(Cc1ccc(O)cc1)C(=O)NCC(=O)NC(Cc1c[nH]c2ccccc12)C(=O)O. The third-order valence-corrected chi connectivity index (χ3v) is 6.78. The highest BCUT2D eigenvalue weighted by Gasteiger charge is 2.26. The van der Waals surface area contributed by atoms with Crippen molar-refractivity contribution in [2.75, 3.05) is 18.6 Å². The van der Waals surface area contributed by atoms with Crippen LogP contribution in [-0.2, 0) is 32.0 Å². The van der Waals surface area contributed by atoms with Crippen LogP contribution in [0.2, 0.25) is 0 Å². The molecule has 0 radical (unpaired) electrons. The molecule has 0 fully saturated rings. The Bertz CT molecular complexity index is 1300. The van der Waals surface area contributed by atoms with E-state index in [-0.39, 0.29) is 18.6 Å². The number of rotatable bonds is 14. The molecule has 2 aromatic carbocycles. The predicted octanol–water partition coefficient (Wildman–Crippen LogP) is 0.910. The second-order valence-corrected chi connectivity index (χ2v) is 10.0. The molecule has 0 bridgehead atoms. The van der Waals surface area contributed by atoms with Crippen LogP contribution in [0.15, 0.2) is 54.7 Å². The summed E-state index contributed by atoms with van der Waals surface area (Å²) in [7, 11) is 0. The Morgan fingerprint density at radius 1 is 0.974 bits per heavy atom. The maximum atomic E-state index is 13.0. The molecule has 39 heavy (non-hydrogen) atoms. The molecule has 0 spiro atoms. The molecule has 208 valence electrons. The Morgan fingerprint density at radius 2 is 1.69 bits per heavy atom. The number of nitrogens with one attached hydrogen (secondary N) is 4. The molecule has 0 saturated heterocycles. The first-order valence-electron chi connectivity index (χ1n) is 12.4. The number of carboxylic acid groups (broad SMARTS) is 1. The lowest BCUT2D eigenvalue weighted by molar-refractivity contribution is -0.141. The number of hydrogen-bond donors (Lipinski definition) is 7. The van der Waals surface area contributed by atoms with Crippen molar-refractivity contribution in [2.24, 2.45) is 5.73 Å². The molecule has 3 unspecified atom stereocenters. The molecule has 0 aliphatic heterocycles. The third-order valence-electron chi connectivity index (χ3n) is 6.13. The van der Waals surface area contributed by atoms with Gasteiger partial charge in [-0.05, 0) is 47.8 Å². The Labute approximate surface area is 229 Å². The number of para-hydroxylation sites is 1. The summed E-state index contributed by atoms with van der Waals surface area (Å²) in [5.41, 5.74) is 8.20. The number of carbonyl (C=O) groups excluding carboxylic acids is 3. The standard InChI is InChI=1S/C27H33N5O6S/c1-39-11-10-20(28)25(35)32-22(12-16-6-8-18(33)9-7-16)26(36)30-15-24(34)31-23(27(37)38)13-17-14-29-21-5-3-2-4-19(17)21/h2-9,14,20,22-23,29,33H,10-13,15,28H2,1H3,(H,30,36)(H,31,34)(H,32,35)(H,37,38). The number of phenols is 1. The van der Waals surface area contributed by atoms with Gasteiger partial charge >= 0.3 is 5.97 Å². The zero-order valence-electron chi connectivity index (χ0n) is 21.5. The number of nitrogens with two attached hydrogens (primary N) is 1. The van der Waals surface area contributed by atoms with E-state index < -0.39 is 48.4 Å². The van der Waals surface area contributed by atoms with Crippen molar-refractivity contribution in [1.29, 1.82) is 0 Å². The second kappa shape index (κ2) is 14.2. The first-order valence-corrected chi connectivity index (χ1v) is 13.7. The molecule has 1 aromatic heterocycles. The topological polar surface area (TPSA) is 187 Å². The van der Waals surface area contributed by atoms with Crippen molar-refractivity contribution in [2.45, 2.75) is 37.4 Å². The number of benzene rings is 2. The van der Waals surface area contributed by atoms with Crippen molar-refractivity contribution >= 4 is 46.4 Å². The number of amides is 3. The van der Waals surface area contributed by atoms with Crippen molar-refractivity contribution < 1.29 is 29.4 Å². The number of carboxylic acids is 1. The number of aromatic amines is 1. The molecule has 0 aliphatic carbocycles. The van der Waals surface area contributed by atoms with Gasteiger partial charge in [-0.25, -0.2) is 4.79 Å². The minimum absolute atomic E-state index is 0.0481. The van der Waals surface area contributed by atoms with Crippen molar-refractivity contribution in [3.05, 3.63) is 65.9 Å². The van der Waals surface area contributed by atoms with Gasteiger partial charge in [0.05, 0.1) is 12.6 Å². The molecule has 3 amide bonds. The quantitative estimate of drug-likeness (QED) is 0.153. The Morgan fingerprint density at radius 3 is 2.38 bits per heavy atom. The molecule has 11 nitrogen and oxygen atoms in total. The van der Waals surface area contributed by atoms with E-state index in [1.807, 2.05) is 30.5 Å². The van der Waals surface area contributed by atoms with Crippen LogP contribution < -0.4 is 21.7 Å². The van der Waals surface area contributed by atoms with Gasteiger partial charge in [-0.1, -0.05) is 30.3 Å². The molecule has 12 heteroatoms. The Hall–Kier alpha value is -4.03. The highest BCUT2D eigenvalue weighted by atomic mass is 32.2. The van der Waals surface area contributed by atoms with Crippen LogP contribution in [0.5, 0.6) is 5.75 Å². The van der Waals surface area contributed by atoms with Gasteiger partial charge in [-0.15, -0.1) is 0 Å². The predicted molar refractivity (Wildman–Crippen MR) is 149 cm³/mol. The van der Waals surface area contributed by atoms with Crippen LogP contribution >= 0.6 is 11.8 Å². The monoisotopic (exact) mass is 555 g/mol. The van der Waals surface area contributed by atoms with Gasteiger partial charge in [0.1, 0.15) is 17.8 Å². The summed E-state index contributed by atoms with van der Waals surface area (Å²) in [6, 6.07) is 10.5. The summed E-state index contributed by atoms with van der Waals surface area (Å²) in [5.74, 6) is -2.31. The fraction of sp³-hybridized carbons (Fsp3) is 0.333. The van der Waals surface area contributed by atoms with Crippen molar-refractivity contribution in [1.82, 2.24) is 20.9 Å². The summed E-state index contributed by atoms with van der Waals surface area (Å²) < 4.78 is 0. The van der Waals surface area contributed by atoms with Crippen LogP contribution in [0.4, 0.5) is 0 Å². The molecule has 0 saturated carbocycles. The molecule has 8 N–H and O–H groups in total. The van der Waals surface area contributed by atoms with Gasteiger partial charge in [-0.3, -0.25) is 14.4 Å². The zero-order chi connectivity index (χ0) is 28.4. The highest BCUT2D eigenvalue weighted by Crippen LogP contribution is 2.19. The van der Waals surface area contributed by atoms with Gasteiger partial charge in [0.25, 0.3) is 0 Å². The van der Waals surface area contributed by atoms with Gasteiger partial charge in [0.2, 0.25) is 17.7 Å². The number of aromatic nitrogens is 1. The molecule has 1 heterocycles. The maximum Gasteiger partial charge on any atom is 0.326 e. The Kier molecular flexibility index (Phi) is 10.8. The highest BCUT2D eigenvalue weighted by molar-refractivity contribution is 7.98. The molecule has 3 atom stereocenters. The molecule has 3 aromatic rings. The summed E-state index contributed by atoms with van der Waals surface area (Å²) in [6.45, 7) is -0.489. The van der Waals surface area contributed by atoms with Crippen LogP contribution in [0.1, 0.15) is 17.5 Å². The van der Waals surface area contributed by atoms with Gasteiger partial charge in [0.15, 0.2) is 0 Å².